The molecule has 0 unspecified atom stereocenters. The summed E-state index contributed by atoms with van der Waals surface area (Å²) in [5.41, 5.74) is 6.13. The first kappa shape index (κ1) is 20.2. The lowest BCUT2D eigenvalue weighted by molar-refractivity contribution is -0.385. The van der Waals surface area contributed by atoms with Gasteiger partial charge in [-0.1, -0.05) is 60.7 Å². The Kier molecular flexibility index (Phi) is 5.52. The molecule has 0 spiro atoms. The number of hydrogen-bond donors (Lipinski definition) is 0. The van der Waals surface area contributed by atoms with Gasteiger partial charge in [0, 0.05) is 38.5 Å². The van der Waals surface area contributed by atoms with Crippen LogP contribution in [-0.2, 0) is 0 Å². The third kappa shape index (κ3) is 3.81. The third-order valence-electron chi connectivity index (χ3n) is 6.18. The number of allylic oxidation sites excluding steroid dienone is 1. The van der Waals surface area contributed by atoms with Crippen molar-refractivity contribution in [2.75, 3.05) is 26.2 Å². The molecule has 5 rings (SSSR count). The average molecular weight is 425 g/mol. The highest BCUT2D eigenvalue weighted by Crippen LogP contribution is 2.46. The van der Waals surface area contributed by atoms with E-state index in [0.29, 0.717) is 11.6 Å². The Hall–Kier alpha value is -3.77. The van der Waals surface area contributed by atoms with E-state index >= 15 is 0 Å². The van der Waals surface area contributed by atoms with Crippen molar-refractivity contribution in [3.05, 3.63) is 106 Å². The van der Waals surface area contributed by atoms with Crippen molar-refractivity contribution < 1.29 is 4.92 Å². The topological polar surface area (TPSA) is 62.0 Å². The Labute approximate surface area is 187 Å². The number of rotatable bonds is 5. The predicted molar refractivity (Wildman–Crippen MR) is 127 cm³/mol. The standard InChI is InChI=1S/C26H24N4O2/c31-30(32)25-14-6-1-8-20(25)9-7-15-27-29-18-16-28(17-19-29)26-23-12-4-2-10-21(23)22-11-3-5-13-24(22)26/h1-15,26H,16-19H2/b9-7+,27-15-. The molecule has 1 fully saturated rings. The molecule has 2 aliphatic rings. The van der Waals surface area contributed by atoms with Crippen molar-refractivity contribution in [3.63, 3.8) is 0 Å². The van der Waals surface area contributed by atoms with Crippen molar-refractivity contribution in [3.8, 4) is 11.1 Å². The summed E-state index contributed by atoms with van der Waals surface area (Å²) in [5.74, 6) is 0. The first-order chi connectivity index (χ1) is 15.7. The van der Waals surface area contributed by atoms with E-state index in [4.69, 9.17) is 0 Å². The monoisotopic (exact) mass is 424 g/mol. The molecule has 0 radical (unpaired) electrons. The normalized spacial score (nSPS) is 16.6. The summed E-state index contributed by atoms with van der Waals surface area (Å²) in [5, 5.41) is 17.7. The van der Waals surface area contributed by atoms with Crippen LogP contribution in [0.1, 0.15) is 22.7 Å². The van der Waals surface area contributed by atoms with Crippen LogP contribution in [0.5, 0.6) is 0 Å². The van der Waals surface area contributed by atoms with Gasteiger partial charge in [0.15, 0.2) is 0 Å². The highest BCUT2D eigenvalue weighted by atomic mass is 16.6. The molecule has 3 aromatic rings. The van der Waals surface area contributed by atoms with E-state index in [1.54, 1.807) is 36.6 Å². The summed E-state index contributed by atoms with van der Waals surface area (Å²) >= 11 is 0. The van der Waals surface area contributed by atoms with E-state index in [1.807, 2.05) is 0 Å². The molecule has 0 N–H and O–H groups in total. The van der Waals surface area contributed by atoms with Gasteiger partial charge in [0.05, 0.1) is 16.5 Å². The van der Waals surface area contributed by atoms with Gasteiger partial charge in [-0.05, 0) is 40.5 Å². The summed E-state index contributed by atoms with van der Waals surface area (Å²) in [7, 11) is 0. The molecule has 6 nitrogen and oxygen atoms in total. The first-order valence-electron chi connectivity index (χ1n) is 10.8. The van der Waals surface area contributed by atoms with E-state index in [2.05, 4.69) is 63.5 Å². The molecule has 0 aromatic heterocycles. The fourth-order valence-corrected chi connectivity index (χ4v) is 4.68. The van der Waals surface area contributed by atoms with Crippen LogP contribution >= 0.6 is 0 Å². The molecule has 0 atom stereocenters. The number of hydrazone groups is 1. The highest BCUT2D eigenvalue weighted by Gasteiger charge is 2.33. The zero-order valence-corrected chi connectivity index (χ0v) is 17.7. The Morgan fingerprint density at radius 3 is 2.09 bits per heavy atom. The van der Waals surface area contributed by atoms with Gasteiger partial charge in [0.25, 0.3) is 5.69 Å². The van der Waals surface area contributed by atoms with E-state index in [1.165, 1.54) is 28.3 Å². The van der Waals surface area contributed by atoms with Gasteiger partial charge in [-0.2, -0.15) is 5.10 Å². The number of hydrogen-bond acceptors (Lipinski definition) is 5. The molecule has 1 aliphatic carbocycles. The molecule has 1 aliphatic heterocycles. The van der Waals surface area contributed by atoms with Gasteiger partial charge in [-0.3, -0.25) is 20.0 Å². The summed E-state index contributed by atoms with van der Waals surface area (Å²) in [6.07, 6.45) is 5.20. The number of para-hydroxylation sites is 1. The number of benzene rings is 3. The van der Waals surface area contributed by atoms with Crippen molar-refractivity contribution in [1.82, 2.24) is 9.91 Å². The van der Waals surface area contributed by atoms with Crippen molar-refractivity contribution in [2.45, 2.75) is 6.04 Å². The van der Waals surface area contributed by atoms with Gasteiger partial charge in [0.1, 0.15) is 0 Å². The number of fused-ring (bicyclic) bond motifs is 3. The third-order valence-corrected chi connectivity index (χ3v) is 6.18. The van der Waals surface area contributed by atoms with Gasteiger partial charge < -0.3 is 0 Å². The van der Waals surface area contributed by atoms with Gasteiger partial charge >= 0.3 is 0 Å². The Balaban J connectivity index is 1.24. The van der Waals surface area contributed by atoms with Crippen molar-refractivity contribution >= 4 is 18.0 Å². The number of piperazine rings is 1. The molecule has 0 saturated carbocycles. The molecule has 160 valence electrons. The van der Waals surface area contributed by atoms with Crippen LogP contribution in [0, 0.1) is 10.1 Å². The summed E-state index contributed by atoms with van der Waals surface area (Å²) in [4.78, 5) is 13.3. The maximum absolute atomic E-state index is 11.1. The van der Waals surface area contributed by atoms with Gasteiger partial charge in [-0.15, -0.1) is 0 Å². The first-order valence-corrected chi connectivity index (χ1v) is 10.8. The average Bonchev–Trinajstić information content (AvgIpc) is 3.17. The SMILES string of the molecule is O=[N+]([O-])c1ccccc1/C=C/C=N\N1CCN(C2c3ccccc3-c3ccccc32)CC1. The fourth-order valence-electron chi connectivity index (χ4n) is 4.68. The Morgan fingerprint density at radius 1 is 0.844 bits per heavy atom. The van der Waals surface area contributed by atoms with Crippen molar-refractivity contribution in [1.29, 1.82) is 0 Å². The molecular formula is C26H24N4O2. The van der Waals surface area contributed by atoms with Crippen LogP contribution < -0.4 is 0 Å². The highest BCUT2D eigenvalue weighted by molar-refractivity contribution is 5.80. The number of nitro groups is 1. The molecule has 1 saturated heterocycles. The largest absolute Gasteiger partial charge is 0.294 e. The van der Waals surface area contributed by atoms with Crippen LogP contribution in [-0.4, -0.2) is 47.2 Å². The smallest absolute Gasteiger partial charge is 0.276 e. The van der Waals surface area contributed by atoms with Crippen LogP contribution in [0.25, 0.3) is 17.2 Å². The molecular weight excluding hydrogens is 400 g/mol. The van der Waals surface area contributed by atoms with Crippen LogP contribution in [0.4, 0.5) is 5.69 Å². The molecule has 0 amide bonds. The van der Waals surface area contributed by atoms with Crippen molar-refractivity contribution in [2.24, 2.45) is 5.10 Å². The molecule has 1 heterocycles. The molecule has 0 bridgehead atoms. The zero-order chi connectivity index (χ0) is 21.9. The fraction of sp³-hybridized carbons (Fsp3) is 0.192. The summed E-state index contributed by atoms with van der Waals surface area (Å²) < 4.78 is 0. The zero-order valence-electron chi connectivity index (χ0n) is 17.7. The minimum Gasteiger partial charge on any atom is -0.294 e. The minimum atomic E-state index is -0.366. The number of nitro benzene ring substituents is 1. The molecule has 6 heteroatoms. The van der Waals surface area contributed by atoms with E-state index in [0.717, 1.165) is 26.2 Å². The number of nitrogens with zero attached hydrogens (tertiary/aromatic N) is 4. The Bertz CT molecular complexity index is 1150. The quantitative estimate of drug-likeness (QED) is 0.329. The second-order valence-electron chi connectivity index (χ2n) is 8.01. The molecule has 3 aromatic carbocycles. The van der Waals surface area contributed by atoms with Crippen LogP contribution in [0.2, 0.25) is 0 Å². The second kappa shape index (κ2) is 8.77. The summed E-state index contributed by atoms with van der Waals surface area (Å²) in [6, 6.07) is 24.4. The summed E-state index contributed by atoms with van der Waals surface area (Å²) in [6.45, 7) is 3.55. The van der Waals surface area contributed by atoms with E-state index in [9.17, 15) is 10.1 Å². The van der Waals surface area contributed by atoms with E-state index in [-0.39, 0.29) is 10.6 Å². The second-order valence-corrected chi connectivity index (χ2v) is 8.01. The van der Waals surface area contributed by atoms with Gasteiger partial charge in [0.2, 0.25) is 0 Å². The van der Waals surface area contributed by atoms with Gasteiger partial charge in [-0.25, -0.2) is 0 Å². The maximum atomic E-state index is 11.1. The minimum absolute atomic E-state index is 0.0999. The molecule has 32 heavy (non-hydrogen) atoms. The van der Waals surface area contributed by atoms with Crippen LogP contribution in [0.3, 0.4) is 0 Å². The predicted octanol–water partition coefficient (Wildman–Crippen LogP) is 4.98. The lowest BCUT2D eigenvalue weighted by atomic mass is 10.0. The van der Waals surface area contributed by atoms with Crippen LogP contribution in [0.15, 0.2) is 84.0 Å². The van der Waals surface area contributed by atoms with E-state index < -0.39 is 0 Å². The maximum Gasteiger partial charge on any atom is 0.276 e. The lowest BCUT2D eigenvalue weighted by Gasteiger charge is -2.37. The Morgan fingerprint density at radius 2 is 1.44 bits per heavy atom. The lowest BCUT2D eigenvalue weighted by Crippen LogP contribution is -2.45.